The van der Waals surface area contributed by atoms with Gasteiger partial charge in [-0.2, -0.15) is 13.2 Å². The van der Waals surface area contributed by atoms with Crippen LogP contribution in [0.5, 0.6) is 0 Å². The number of amides is 1. The fourth-order valence-electron chi connectivity index (χ4n) is 4.56. The summed E-state index contributed by atoms with van der Waals surface area (Å²) in [5.41, 5.74) is 6.58. The summed E-state index contributed by atoms with van der Waals surface area (Å²) in [6.45, 7) is 6.74. The van der Waals surface area contributed by atoms with Gasteiger partial charge in [0.2, 0.25) is 5.91 Å². The van der Waals surface area contributed by atoms with Crippen molar-refractivity contribution in [3.05, 3.63) is 63.1 Å². The van der Waals surface area contributed by atoms with Crippen LogP contribution in [0, 0.1) is 5.92 Å². The predicted molar refractivity (Wildman–Crippen MR) is 156 cm³/mol. The zero-order valence-electron chi connectivity index (χ0n) is 23.2. The molecule has 1 aliphatic rings. The molecule has 1 unspecified atom stereocenters. The second-order valence-corrected chi connectivity index (χ2v) is 10.9. The number of hydrogen-bond donors (Lipinski definition) is 2. The number of alkyl halides is 3. The standard InChI is InChI=1S/C26H32Cl2F3N3O.C3H7NO/c1-17(2)14-23(32-3)21-15-19(26(29,30)31)6-8-24(21)33-10-12-34(13-11-33)25(35)9-5-18-4-7-20(27)16-22(18)28;4-2-1-3-5/h4,6-8,15-17,23,32H,5,9-14H2,1-3H3;3H,1-2,4H2. The summed E-state index contributed by atoms with van der Waals surface area (Å²) in [4.78, 5) is 26.0. The molecule has 1 amide bonds. The van der Waals surface area contributed by atoms with Crippen LogP contribution in [0.1, 0.15) is 55.8 Å². The number of carbonyl (C=O) groups is 2. The molecular weight excluding hydrogens is 564 g/mol. The van der Waals surface area contributed by atoms with Gasteiger partial charge in [0.15, 0.2) is 0 Å². The molecule has 1 fully saturated rings. The monoisotopic (exact) mass is 602 g/mol. The van der Waals surface area contributed by atoms with E-state index in [0.717, 1.165) is 30.0 Å². The van der Waals surface area contributed by atoms with Gasteiger partial charge in [0.1, 0.15) is 6.29 Å². The molecule has 3 N–H and O–H groups in total. The molecule has 0 bridgehead atoms. The fourth-order valence-corrected chi connectivity index (χ4v) is 5.06. The third-order valence-corrected chi connectivity index (χ3v) is 7.25. The molecule has 2 aromatic rings. The number of aryl methyl sites for hydroxylation is 1. The van der Waals surface area contributed by atoms with Gasteiger partial charge >= 0.3 is 6.18 Å². The lowest BCUT2D eigenvalue weighted by atomic mass is 9.93. The van der Waals surface area contributed by atoms with Gasteiger partial charge in [-0.1, -0.05) is 43.1 Å². The Morgan fingerprint density at radius 2 is 1.77 bits per heavy atom. The van der Waals surface area contributed by atoms with E-state index in [0.29, 0.717) is 73.5 Å². The summed E-state index contributed by atoms with van der Waals surface area (Å²) >= 11 is 12.2. The van der Waals surface area contributed by atoms with Crippen molar-refractivity contribution in [1.29, 1.82) is 0 Å². The minimum atomic E-state index is -4.40. The summed E-state index contributed by atoms with van der Waals surface area (Å²) in [7, 11) is 1.78. The number of anilines is 1. The number of nitrogens with two attached hydrogens (primary N) is 1. The quantitative estimate of drug-likeness (QED) is 0.320. The highest BCUT2D eigenvalue weighted by Crippen LogP contribution is 2.37. The molecule has 40 heavy (non-hydrogen) atoms. The van der Waals surface area contributed by atoms with Crippen molar-refractivity contribution < 1.29 is 22.8 Å². The molecule has 0 aromatic heterocycles. The highest BCUT2D eigenvalue weighted by molar-refractivity contribution is 6.35. The van der Waals surface area contributed by atoms with E-state index < -0.39 is 11.7 Å². The Labute approximate surface area is 245 Å². The van der Waals surface area contributed by atoms with Crippen LogP contribution in [0.15, 0.2) is 36.4 Å². The van der Waals surface area contributed by atoms with Crippen molar-refractivity contribution in [1.82, 2.24) is 10.2 Å². The SMILES string of the molecule is CNC(CC(C)C)c1cc(C(F)(F)F)ccc1N1CCN(C(=O)CCc2ccc(Cl)cc2Cl)CC1.NCCC=O. The molecule has 0 aliphatic carbocycles. The number of piperazine rings is 1. The Bertz CT molecular complexity index is 1110. The van der Waals surface area contributed by atoms with Crippen LogP contribution in [-0.4, -0.2) is 56.9 Å². The van der Waals surface area contributed by atoms with E-state index in [2.05, 4.69) is 24.1 Å². The normalized spacial score (nSPS) is 14.6. The van der Waals surface area contributed by atoms with Gasteiger partial charge in [0.25, 0.3) is 0 Å². The maximum atomic E-state index is 13.5. The van der Waals surface area contributed by atoms with Crippen LogP contribution in [-0.2, 0) is 22.2 Å². The molecule has 0 radical (unpaired) electrons. The van der Waals surface area contributed by atoms with Crippen LogP contribution in [0.4, 0.5) is 18.9 Å². The van der Waals surface area contributed by atoms with E-state index in [1.54, 1.807) is 25.2 Å². The maximum Gasteiger partial charge on any atom is 0.416 e. The molecule has 1 atom stereocenters. The van der Waals surface area contributed by atoms with Crippen molar-refractivity contribution in [3.8, 4) is 0 Å². The highest BCUT2D eigenvalue weighted by atomic mass is 35.5. The Morgan fingerprint density at radius 1 is 1.10 bits per heavy atom. The van der Waals surface area contributed by atoms with Gasteiger partial charge in [0.05, 0.1) is 5.56 Å². The zero-order chi connectivity index (χ0) is 29.9. The molecular formula is C29H39Cl2F3N4O2. The van der Waals surface area contributed by atoms with Crippen LogP contribution < -0.4 is 16.0 Å². The third-order valence-electron chi connectivity index (χ3n) is 6.67. The minimum Gasteiger partial charge on any atom is -0.368 e. The Kier molecular flexibility index (Phi) is 13.7. The summed E-state index contributed by atoms with van der Waals surface area (Å²) in [5.74, 6) is 0.356. The van der Waals surface area contributed by atoms with Gasteiger partial charge < -0.3 is 25.6 Å². The lowest BCUT2D eigenvalue weighted by Gasteiger charge is -2.38. The van der Waals surface area contributed by atoms with Crippen molar-refractivity contribution >= 4 is 41.1 Å². The van der Waals surface area contributed by atoms with Crippen LogP contribution >= 0.6 is 23.2 Å². The van der Waals surface area contributed by atoms with Gasteiger partial charge in [-0.05, 0) is 73.8 Å². The Hall–Kier alpha value is -2.33. The second-order valence-electron chi connectivity index (χ2n) is 10.1. The molecule has 0 spiro atoms. The van der Waals surface area contributed by atoms with Crippen molar-refractivity contribution in [2.45, 2.75) is 51.7 Å². The summed E-state index contributed by atoms with van der Waals surface area (Å²) in [6, 6.07) is 9.05. The van der Waals surface area contributed by atoms with Crippen LogP contribution in [0.2, 0.25) is 10.0 Å². The van der Waals surface area contributed by atoms with E-state index in [9.17, 15) is 22.8 Å². The van der Waals surface area contributed by atoms with Gasteiger partial charge in [-0.25, -0.2) is 0 Å². The zero-order valence-corrected chi connectivity index (χ0v) is 24.8. The molecule has 6 nitrogen and oxygen atoms in total. The molecule has 0 saturated carbocycles. The smallest absolute Gasteiger partial charge is 0.368 e. The number of benzene rings is 2. The highest BCUT2D eigenvalue weighted by Gasteiger charge is 2.33. The van der Waals surface area contributed by atoms with Gasteiger partial charge in [-0.15, -0.1) is 0 Å². The first-order valence-electron chi connectivity index (χ1n) is 13.4. The molecule has 1 saturated heterocycles. The predicted octanol–water partition coefficient (Wildman–Crippen LogP) is 6.13. The first kappa shape index (κ1) is 33.9. The summed E-state index contributed by atoms with van der Waals surface area (Å²) in [6.07, 6.45) is -1.53. The van der Waals surface area contributed by atoms with Crippen LogP contribution in [0.3, 0.4) is 0 Å². The Morgan fingerprint density at radius 3 is 2.27 bits per heavy atom. The molecule has 3 rings (SSSR count). The first-order valence-corrected chi connectivity index (χ1v) is 14.2. The number of carbonyl (C=O) groups excluding carboxylic acids is 2. The molecule has 1 aliphatic heterocycles. The van der Waals surface area contributed by atoms with Crippen molar-refractivity contribution in [2.24, 2.45) is 11.7 Å². The average molecular weight is 604 g/mol. The van der Waals surface area contributed by atoms with E-state index in [1.165, 1.54) is 6.07 Å². The number of hydrogen-bond acceptors (Lipinski definition) is 5. The third kappa shape index (κ3) is 10.3. The topological polar surface area (TPSA) is 78.7 Å². The first-order chi connectivity index (χ1) is 18.9. The maximum absolute atomic E-state index is 13.5. The summed E-state index contributed by atoms with van der Waals surface area (Å²) < 4.78 is 40.4. The number of rotatable bonds is 10. The molecule has 222 valence electrons. The van der Waals surface area contributed by atoms with Gasteiger partial charge in [-0.3, -0.25) is 4.79 Å². The van der Waals surface area contributed by atoms with Crippen LogP contribution in [0.25, 0.3) is 0 Å². The number of aldehydes is 1. The van der Waals surface area contributed by atoms with E-state index in [1.807, 2.05) is 11.0 Å². The molecule has 11 heteroatoms. The van der Waals surface area contributed by atoms with Crippen molar-refractivity contribution in [2.75, 3.05) is 44.7 Å². The van der Waals surface area contributed by atoms with Gasteiger partial charge in [0, 0.05) is 60.8 Å². The number of nitrogens with one attached hydrogen (secondary N) is 1. The van der Waals surface area contributed by atoms with Crippen molar-refractivity contribution in [3.63, 3.8) is 0 Å². The minimum absolute atomic E-state index is 0.0382. The van der Waals surface area contributed by atoms with E-state index in [-0.39, 0.29) is 11.9 Å². The average Bonchev–Trinajstić information content (AvgIpc) is 2.91. The summed E-state index contributed by atoms with van der Waals surface area (Å²) in [5, 5.41) is 4.30. The second kappa shape index (κ2) is 16.2. The van der Waals surface area contributed by atoms with E-state index in [4.69, 9.17) is 28.9 Å². The Balaban J connectivity index is 0.00000103. The lowest BCUT2D eigenvalue weighted by molar-refractivity contribution is -0.137. The largest absolute Gasteiger partial charge is 0.416 e. The number of halogens is 5. The molecule has 1 heterocycles. The lowest BCUT2D eigenvalue weighted by Crippen LogP contribution is -2.49. The van der Waals surface area contributed by atoms with E-state index >= 15 is 0 Å². The number of nitrogens with zero attached hydrogens (tertiary/aromatic N) is 2. The molecule has 2 aromatic carbocycles. The fraction of sp³-hybridized carbons (Fsp3) is 0.517.